The van der Waals surface area contributed by atoms with Crippen LogP contribution >= 0.6 is 0 Å². The Morgan fingerprint density at radius 1 is 1.67 bits per heavy atom. The highest BCUT2D eigenvalue weighted by Gasteiger charge is 2.07. The highest BCUT2D eigenvalue weighted by Crippen LogP contribution is 2.26. The maximum atomic E-state index is 10.2. The van der Waals surface area contributed by atoms with E-state index in [2.05, 4.69) is 15.0 Å². The van der Waals surface area contributed by atoms with E-state index in [4.69, 9.17) is 0 Å². The maximum Gasteiger partial charge on any atom is 0.240 e. The third-order valence-electron chi connectivity index (χ3n) is 2.16. The summed E-state index contributed by atoms with van der Waals surface area (Å²) in [5.41, 5.74) is 1.82. The molecular weight excluding hydrogens is 194 g/mol. The van der Waals surface area contributed by atoms with Crippen molar-refractivity contribution < 1.29 is 9.90 Å². The van der Waals surface area contributed by atoms with Crippen molar-refractivity contribution in [1.82, 2.24) is 9.97 Å². The molecule has 0 aliphatic carbocycles. The predicted molar refractivity (Wildman–Crippen MR) is 54.5 cm³/mol. The van der Waals surface area contributed by atoms with Crippen LogP contribution in [-0.4, -0.2) is 21.2 Å². The first kappa shape index (κ1) is 9.58. The zero-order valence-corrected chi connectivity index (χ0v) is 8.06. The Labute approximate surface area is 85.5 Å². The highest BCUT2D eigenvalue weighted by molar-refractivity contribution is 5.91. The van der Waals surface area contributed by atoms with Crippen LogP contribution in [-0.2, 0) is 4.79 Å². The van der Waals surface area contributed by atoms with Gasteiger partial charge in [0.15, 0.2) is 0 Å². The van der Waals surface area contributed by atoms with Gasteiger partial charge in [-0.05, 0) is 13.0 Å². The number of fused-ring (bicyclic) bond motifs is 1. The fraction of sp³-hybridized carbons (Fsp3) is 0.200. The number of aliphatic hydroxyl groups is 1. The van der Waals surface area contributed by atoms with Gasteiger partial charge >= 0.3 is 0 Å². The van der Waals surface area contributed by atoms with Gasteiger partial charge in [0.1, 0.15) is 5.69 Å². The average molecular weight is 203 g/mol. The van der Waals surface area contributed by atoms with E-state index in [0.29, 0.717) is 11.4 Å². The van der Waals surface area contributed by atoms with Gasteiger partial charge in [-0.25, -0.2) is 4.79 Å². The van der Waals surface area contributed by atoms with Crippen molar-refractivity contribution >= 4 is 22.7 Å². The Balaban J connectivity index is 2.66. The van der Waals surface area contributed by atoms with Crippen LogP contribution in [0.2, 0.25) is 0 Å². The number of H-pyrrole nitrogens is 1. The summed E-state index contributed by atoms with van der Waals surface area (Å²) in [4.78, 5) is 20.7. The van der Waals surface area contributed by atoms with E-state index < -0.39 is 6.10 Å². The summed E-state index contributed by atoms with van der Waals surface area (Å²) >= 11 is 0. The second-order valence-electron chi connectivity index (χ2n) is 3.21. The largest absolute Gasteiger partial charge is 0.387 e. The molecular formula is C10H9N3O2. The number of nitrogens with one attached hydrogen (secondary N) is 1. The number of aromatic amines is 1. The topological polar surface area (TPSA) is 78.3 Å². The number of pyridine rings is 1. The molecule has 0 aliphatic rings. The van der Waals surface area contributed by atoms with Gasteiger partial charge in [0.2, 0.25) is 6.08 Å². The molecule has 0 aliphatic heterocycles. The molecule has 2 heterocycles. The molecule has 0 saturated heterocycles. The number of aromatic nitrogens is 2. The van der Waals surface area contributed by atoms with Crippen molar-refractivity contribution in [2.45, 2.75) is 13.0 Å². The molecule has 0 fully saturated rings. The number of hydrogen-bond acceptors (Lipinski definition) is 4. The van der Waals surface area contributed by atoms with E-state index >= 15 is 0 Å². The molecule has 2 aromatic rings. The normalized spacial score (nSPS) is 12.4. The van der Waals surface area contributed by atoms with Crippen LogP contribution in [0.25, 0.3) is 10.9 Å². The van der Waals surface area contributed by atoms with Gasteiger partial charge in [0.25, 0.3) is 0 Å². The molecule has 0 spiro atoms. The summed E-state index contributed by atoms with van der Waals surface area (Å²) in [5, 5.41) is 10.1. The molecule has 15 heavy (non-hydrogen) atoms. The molecule has 5 nitrogen and oxygen atoms in total. The third-order valence-corrected chi connectivity index (χ3v) is 2.16. The number of rotatable bonds is 2. The number of carbonyl (C=O) groups excluding carboxylic acids is 1. The zero-order chi connectivity index (χ0) is 10.8. The lowest BCUT2D eigenvalue weighted by molar-refractivity contribution is 0.194. The molecule has 1 atom stereocenters. The molecule has 5 heteroatoms. The highest BCUT2D eigenvalue weighted by atomic mass is 16.3. The van der Waals surface area contributed by atoms with Gasteiger partial charge < -0.3 is 10.1 Å². The lowest BCUT2D eigenvalue weighted by atomic mass is 10.2. The molecule has 2 N–H and O–H groups in total. The van der Waals surface area contributed by atoms with E-state index in [0.717, 1.165) is 10.9 Å². The molecule has 76 valence electrons. The number of hydrogen-bond donors (Lipinski definition) is 2. The Bertz CT molecular complexity index is 539. The molecule has 2 aromatic heterocycles. The maximum absolute atomic E-state index is 10.2. The van der Waals surface area contributed by atoms with Crippen LogP contribution in [0, 0.1) is 0 Å². The first-order valence-electron chi connectivity index (χ1n) is 4.45. The first-order chi connectivity index (χ1) is 7.22. The number of aliphatic hydroxyl groups excluding tert-OH is 1. The lowest BCUT2D eigenvalue weighted by Gasteiger charge is -2.02. The Morgan fingerprint density at radius 3 is 3.13 bits per heavy atom. The molecule has 0 aromatic carbocycles. The van der Waals surface area contributed by atoms with E-state index in [1.165, 1.54) is 6.08 Å². The van der Waals surface area contributed by atoms with Gasteiger partial charge in [-0.15, -0.1) is 0 Å². The molecule has 2 rings (SSSR count). The van der Waals surface area contributed by atoms with Crippen LogP contribution in [0.4, 0.5) is 5.69 Å². The Kier molecular flexibility index (Phi) is 2.33. The number of nitrogens with zero attached hydrogens (tertiary/aromatic N) is 2. The summed E-state index contributed by atoms with van der Waals surface area (Å²) in [5.74, 6) is 0. The van der Waals surface area contributed by atoms with Gasteiger partial charge in [0, 0.05) is 11.6 Å². The van der Waals surface area contributed by atoms with Gasteiger partial charge in [-0.2, -0.15) is 4.99 Å². The van der Waals surface area contributed by atoms with Crippen molar-refractivity contribution in [1.29, 1.82) is 0 Å². The lowest BCUT2D eigenvalue weighted by Crippen LogP contribution is -1.93. The van der Waals surface area contributed by atoms with Gasteiger partial charge in [-0.1, -0.05) is 0 Å². The van der Waals surface area contributed by atoms with Crippen LogP contribution in [0.15, 0.2) is 23.5 Å². The van der Waals surface area contributed by atoms with Crippen LogP contribution in [0.1, 0.15) is 18.7 Å². The fourth-order valence-electron chi connectivity index (χ4n) is 1.39. The fourth-order valence-corrected chi connectivity index (χ4v) is 1.39. The Hall–Kier alpha value is -1.97. The summed E-state index contributed by atoms with van der Waals surface area (Å²) in [7, 11) is 0. The third kappa shape index (κ3) is 1.66. The molecule has 0 saturated carbocycles. The average Bonchev–Trinajstić information content (AvgIpc) is 2.61. The zero-order valence-electron chi connectivity index (χ0n) is 8.06. The van der Waals surface area contributed by atoms with Crippen LogP contribution < -0.4 is 0 Å². The SMILES string of the molecule is CC(O)c1cc2c(N=C=O)c[nH]c2cn1. The summed E-state index contributed by atoms with van der Waals surface area (Å²) < 4.78 is 0. The molecule has 0 radical (unpaired) electrons. The van der Waals surface area contributed by atoms with Crippen molar-refractivity contribution in [2.24, 2.45) is 4.99 Å². The quantitative estimate of drug-likeness (QED) is 0.574. The van der Waals surface area contributed by atoms with Crippen LogP contribution in [0.3, 0.4) is 0 Å². The number of isocyanates is 1. The first-order valence-corrected chi connectivity index (χ1v) is 4.45. The van der Waals surface area contributed by atoms with Gasteiger partial charge in [-0.3, -0.25) is 4.98 Å². The number of aliphatic imine (C=N–C) groups is 1. The van der Waals surface area contributed by atoms with E-state index in [9.17, 15) is 9.90 Å². The van der Waals surface area contributed by atoms with Crippen molar-refractivity contribution in [3.63, 3.8) is 0 Å². The standard InChI is InChI=1S/C10H9N3O2/c1-6(15)8-2-7-9(3-11-8)12-4-10(7)13-5-14/h2-4,6,12,15H,1H3. The minimum Gasteiger partial charge on any atom is -0.387 e. The van der Waals surface area contributed by atoms with E-state index in [1.807, 2.05) is 0 Å². The van der Waals surface area contributed by atoms with Crippen molar-refractivity contribution in [3.8, 4) is 0 Å². The van der Waals surface area contributed by atoms with Gasteiger partial charge in [0.05, 0.1) is 23.5 Å². The predicted octanol–water partition coefficient (Wildman–Crippen LogP) is 1.58. The Morgan fingerprint density at radius 2 is 2.47 bits per heavy atom. The monoisotopic (exact) mass is 203 g/mol. The van der Waals surface area contributed by atoms with E-state index in [1.54, 1.807) is 25.4 Å². The van der Waals surface area contributed by atoms with Crippen LogP contribution in [0.5, 0.6) is 0 Å². The molecule has 0 amide bonds. The minimum atomic E-state index is -0.641. The second kappa shape index (κ2) is 3.65. The minimum absolute atomic E-state index is 0.504. The molecule has 1 unspecified atom stereocenters. The smallest absolute Gasteiger partial charge is 0.240 e. The molecule has 0 bridgehead atoms. The summed E-state index contributed by atoms with van der Waals surface area (Å²) in [6.07, 6.45) is 4.04. The summed E-state index contributed by atoms with van der Waals surface area (Å²) in [6.45, 7) is 1.63. The van der Waals surface area contributed by atoms with Crippen molar-refractivity contribution in [3.05, 3.63) is 24.2 Å². The van der Waals surface area contributed by atoms with E-state index in [-0.39, 0.29) is 0 Å². The summed E-state index contributed by atoms with van der Waals surface area (Å²) in [6, 6.07) is 1.70. The van der Waals surface area contributed by atoms with Crippen molar-refractivity contribution in [2.75, 3.05) is 0 Å². The second-order valence-corrected chi connectivity index (χ2v) is 3.21.